The van der Waals surface area contributed by atoms with Gasteiger partial charge in [0.05, 0.1) is 5.71 Å². The highest BCUT2D eigenvalue weighted by atomic mass is 35.5. The van der Waals surface area contributed by atoms with Gasteiger partial charge in [0.2, 0.25) is 0 Å². The Morgan fingerprint density at radius 2 is 2.00 bits per heavy atom. The van der Waals surface area contributed by atoms with E-state index in [0.717, 1.165) is 32.9 Å². The highest BCUT2D eigenvalue weighted by Gasteiger charge is 2.24. The van der Waals surface area contributed by atoms with Gasteiger partial charge in [0, 0.05) is 35.6 Å². The molecule has 0 radical (unpaired) electrons. The topological polar surface area (TPSA) is 79.1 Å². The summed E-state index contributed by atoms with van der Waals surface area (Å²) in [6, 6.07) is 11.7. The molecule has 0 saturated heterocycles. The van der Waals surface area contributed by atoms with Crippen molar-refractivity contribution in [3.8, 4) is 0 Å². The van der Waals surface area contributed by atoms with Gasteiger partial charge in [-0.3, -0.25) is 5.43 Å². The fourth-order valence-electron chi connectivity index (χ4n) is 2.99. The van der Waals surface area contributed by atoms with E-state index in [-0.39, 0.29) is 0 Å². The zero-order valence-electron chi connectivity index (χ0n) is 13.5. The van der Waals surface area contributed by atoms with Gasteiger partial charge in [0.1, 0.15) is 11.3 Å². The van der Waals surface area contributed by atoms with Crippen LogP contribution in [-0.2, 0) is 12.8 Å². The highest BCUT2D eigenvalue weighted by Crippen LogP contribution is 2.19. The minimum Gasteiger partial charge on any atom is -0.346 e. The average molecular weight is 352 g/mol. The number of aromatic amines is 1. The third-order valence-electron chi connectivity index (χ3n) is 4.30. The minimum absolute atomic E-state index is 0.633. The number of hydrazone groups is 1. The van der Waals surface area contributed by atoms with Crippen LogP contribution in [0.25, 0.3) is 11.0 Å². The predicted octanol–water partition coefficient (Wildman–Crippen LogP) is 3.17. The predicted molar refractivity (Wildman–Crippen MR) is 102 cm³/mol. The summed E-state index contributed by atoms with van der Waals surface area (Å²) in [5, 5.41) is 6.31. The molecular formula is C19H18ClN5. The fourth-order valence-corrected chi connectivity index (χ4v) is 3.11. The molecule has 6 heteroatoms. The van der Waals surface area contributed by atoms with Crippen LogP contribution in [0.2, 0.25) is 5.02 Å². The largest absolute Gasteiger partial charge is 0.346 e. The van der Waals surface area contributed by atoms with E-state index in [9.17, 15) is 0 Å². The number of fused-ring (bicyclic) bond motifs is 1. The standard InChI is InChI=1S/C19H18ClN5/c20-15-5-3-13(4-6-15)11-19(21)8-7-16(24-25-19)10-14-12-23-18-17(14)2-1-9-22-18/h1-9,12,25H,10-11,21H2,(H,22,23). The lowest BCUT2D eigenvalue weighted by Gasteiger charge is -2.29. The van der Waals surface area contributed by atoms with Crippen LogP contribution < -0.4 is 11.2 Å². The lowest BCUT2D eigenvalue weighted by Crippen LogP contribution is -2.53. The van der Waals surface area contributed by atoms with Gasteiger partial charge in [-0.15, -0.1) is 0 Å². The molecule has 1 unspecified atom stereocenters. The number of allylic oxidation sites excluding steroid dienone is 1. The smallest absolute Gasteiger partial charge is 0.137 e. The normalized spacial score (nSPS) is 19.7. The van der Waals surface area contributed by atoms with Crippen LogP contribution >= 0.6 is 11.6 Å². The first kappa shape index (κ1) is 15.9. The minimum atomic E-state index is -0.695. The van der Waals surface area contributed by atoms with E-state index >= 15 is 0 Å². The number of aromatic nitrogens is 2. The maximum Gasteiger partial charge on any atom is 0.137 e. The van der Waals surface area contributed by atoms with E-state index < -0.39 is 5.66 Å². The van der Waals surface area contributed by atoms with Crippen molar-refractivity contribution >= 4 is 28.3 Å². The highest BCUT2D eigenvalue weighted by molar-refractivity contribution is 6.30. The SMILES string of the molecule is NC1(Cc2ccc(Cl)cc2)C=CC(Cc2c[nH]c3ncccc23)=NN1. The second-order valence-electron chi connectivity index (χ2n) is 6.28. The van der Waals surface area contributed by atoms with Gasteiger partial charge < -0.3 is 10.7 Å². The van der Waals surface area contributed by atoms with Crippen LogP contribution in [0, 0.1) is 0 Å². The van der Waals surface area contributed by atoms with Gasteiger partial charge >= 0.3 is 0 Å². The first-order valence-electron chi connectivity index (χ1n) is 8.09. The summed E-state index contributed by atoms with van der Waals surface area (Å²) in [4.78, 5) is 7.50. The molecule has 0 amide bonds. The number of nitrogens with one attached hydrogen (secondary N) is 2. The lowest BCUT2D eigenvalue weighted by atomic mass is 9.98. The summed E-state index contributed by atoms with van der Waals surface area (Å²) in [6.07, 6.45) is 9.06. The number of nitrogens with zero attached hydrogens (tertiary/aromatic N) is 2. The Morgan fingerprint density at radius 1 is 1.16 bits per heavy atom. The number of halogens is 1. The van der Waals surface area contributed by atoms with Gasteiger partial charge in [-0.05, 0) is 47.5 Å². The van der Waals surface area contributed by atoms with Crippen molar-refractivity contribution in [2.24, 2.45) is 10.8 Å². The first-order valence-corrected chi connectivity index (χ1v) is 8.46. The lowest BCUT2D eigenvalue weighted by molar-refractivity contribution is 0.420. The van der Waals surface area contributed by atoms with Crippen molar-refractivity contribution in [3.05, 3.63) is 77.1 Å². The van der Waals surface area contributed by atoms with E-state index in [1.54, 1.807) is 6.20 Å². The van der Waals surface area contributed by atoms with Crippen molar-refractivity contribution < 1.29 is 0 Å². The van der Waals surface area contributed by atoms with E-state index in [0.29, 0.717) is 12.8 Å². The number of hydrogen-bond donors (Lipinski definition) is 3. The molecule has 0 fully saturated rings. The molecule has 2 aromatic heterocycles. The number of H-pyrrole nitrogens is 1. The van der Waals surface area contributed by atoms with Crippen LogP contribution in [0.5, 0.6) is 0 Å². The monoisotopic (exact) mass is 351 g/mol. The van der Waals surface area contributed by atoms with Crippen molar-refractivity contribution in [1.29, 1.82) is 0 Å². The van der Waals surface area contributed by atoms with Crippen LogP contribution in [0.3, 0.4) is 0 Å². The maximum atomic E-state index is 6.40. The van der Waals surface area contributed by atoms with Crippen LogP contribution in [0.15, 0.2) is 66.0 Å². The van der Waals surface area contributed by atoms with E-state index in [4.69, 9.17) is 17.3 Å². The number of benzene rings is 1. The molecule has 5 nitrogen and oxygen atoms in total. The number of nitrogens with two attached hydrogens (primary N) is 1. The quantitative estimate of drug-likeness (QED) is 0.675. The maximum absolute atomic E-state index is 6.40. The summed E-state index contributed by atoms with van der Waals surface area (Å²) in [5.74, 6) is 0. The van der Waals surface area contributed by atoms with Crippen molar-refractivity contribution in [2.45, 2.75) is 18.5 Å². The Kier molecular flexibility index (Phi) is 4.03. The summed E-state index contributed by atoms with van der Waals surface area (Å²) >= 11 is 5.93. The zero-order chi connectivity index (χ0) is 17.3. The Hall–Kier alpha value is -2.63. The van der Waals surface area contributed by atoms with Crippen LogP contribution in [0.4, 0.5) is 0 Å². The molecule has 3 aromatic rings. The van der Waals surface area contributed by atoms with E-state index in [1.165, 1.54) is 0 Å². The number of rotatable bonds is 4. The van der Waals surface area contributed by atoms with Gasteiger partial charge in [0.15, 0.2) is 0 Å². The molecule has 1 aliphatic heterocycles. The third kappa shape index (κ3) is 3.43. The summed E-state index contributed by atoms with van der Waals surface area (Å²) in [7, 11) is 0. The summed E-state index contributed by atoms with van der Waals surface area (Å²) < 4.78 is 0. The first-order chi connectivity index (χ1) is 12.1. The molecule has 1 aliphatic rings. The van der Waals surface area contributed by atoms with Gasteiger partial charge in [-0.25, -0.2) is 4.98 Å². The number of hydrogen-bond acceptors (Lipinski definition) is 4. The molecule has 1 atom stereocenters. The van der Waals surface area contributed by atoms with E-state index in [1.807, 2.05) is 48.7 Å². The summed E-state index contributed by atoms with van der Waals surface area (Å²) in [5.41, 5.74) is 12.9. The van der Waals surface area contributed by atoms with E-state index in [2.05, 4.69) is 26.6 Å². The molecule has 0 spiro atoms. The molecule has 4 rings (SSSR count). The molecule has 0 bridgehead atoms. The fraction of sp³-hybridized carbons (Fsp3) is 0.158. The van der Waals surface area contributed by atoms with Gasteiger partial charge in [-0.2, -0.15) is 5.10 Å². The Labute approximate surface area is 150 Å². The van der Waals surface area contributed by atoms with Gasteiger partial charge in [-0.1, -0.05) is 23.7 Å². The van der Waals surface area contributed by atoms with Crippen LogP contribution in [-0.4, -0.2) is 21.3 Å². The molecule has 4 N–H and O–H groups in total. The van der Waals surface area contributed by atoms with Crippen molar-refractivity contribution in [1.82, 2.24) is 15.4 Å². The zero-order valence-corrected chi connectivity index (χ0v) is 14.3. The molecule has 1 aromatic carbocycles. The van der Waals surface area contributed by atoms with Crippen LogP contribution in [0.1, 0.15) is 11.1 Å². The second-order valence-corrected chi connectivity index (χ2v) is 6.72. The molecule has 0 saturated carbocycles. The Bertz CT molecular complexity index is 957. The Balaban J connectivity index is 1.46. The Morgan fingerprint density at radius 3 is 2.76 bits per heavy atom. The molecule has 3 heterocycles. The molecule has 0 aliphatic carbocycles. The van der Waals surface area contributed by atoms with Gasteiger partial charge in [0.25, 0.3) is 0 Å². The molecular weight excluding hydrogens is 334 g/mol. The molecule has 126 valence electrons. The number of pyridine rings is 1. The third-order valence-corrected chi connectivity index (χ3v) is 4.55. The van der Waals surface area contributed by atoms with Crippen molar-refractivity contribution in [2.75, 3.05) is 0 Å². The average Bonchev–Trinajstić information content (AvgIpc) is 3.02. The summed E-state index contributed by atoms with van der Waals surface area (Å²) in [6.45, 7) is 0. The second kappa shape index (κ2) is 6.35. The van der Waals surface area contributed by atoms with Crippen molar-refractivity contribution in [3.63, 3.8) is 0 Å². The molecule has 25 heavy (non-hydrogen) atoms.